The number of hydrogen-bond acceptors (Lipinski definition) is 5. The van der Waals surface area contributed by atoms with E-state index in [2.05, 4.69) is 31.1 Å². The highest BCUT2D eigenvalue weighted by molar-refractivity contribution is 9.10. The van der Waals surface area contributed by atoms with Gasteiger partial charge in [0.15, 0.2) is 0 Å². The van der Waals surface area contributed by atoms with Gasteiger partial charge in [-0.05, 0) is 62.2 Å². The summed E-state index contributed by atoms with van der Waals surface area (Å²) in [5.74, 6) is -0.639. The lowest BCUT2D eigenvalue weighted by atomic mass is 9.71. The first-order chi connectivity index (χ1) is 20.2. The van der Waals surface area contributed by atoms with E-state index in [1.165, 1.54) is 0 Å². The first-order valence-corrected chi connectivity index (χ1v) is 15.6. The topological polar surface area (TPSA) is 109 Å². The number of nitrogens with one attached hydrogen (secondary N) is 2. The van der Waals surface area contributed by atoms with Crippen molar-refractivity contribution in [1.82, 2.24) is 25.0 Å². The maximum absolute atomic E-state index is 14.0. The van der Waals surface area contributed by atoms with Crippen molar-refractivity contribution in [2.75, 3.05) is 33.2 Å². The van der Waals surface area contributed by atoms with Gasteiger partial charge in [0.05, 0.1) is 11.5 Å². The number of aromatic amines is 1. The number of piperidine rings is 3. The molecular formula is C32H38BrN5O4. The normalized spacial score (nSPS) is 25.9. The number of amides is 3. The molecule has 7 rings (SSSR count). The molecule has 0 radical (unpaired) electrons. The fourth-order valence-electron chi connectivity index (χ4n) is 6.95. The van der Waals surface area contributed by atoms with Crippen molar-refractivity contribution in [3.63, 3.8) is 0 Å². The molecule has 2 bridgehead atoms. The van der Waals surface area contributed by atoms with Crippen LogP contribution >= 0.6 is 15.9 Å². The summed E-state index contributed by atoms with van der Waals surface area (Å²) in [6.45, 7) is 3.19. The van der Waals surface area contributed by atoms with Crippen LogP contribution in [0.25, 0.3) is 10.9 Å². The fourth-order valence-corrected chi connectivity index (χ4v) is 7.36. The van der Waals surface area contributed by atoms with Gasteiger partial charge in [-0.15, -0.1) is 0 Å². The van der Waals surface area contributed by atoms with Gasteiger partial charge in [-0.1, -0.05) is 52.3 Å². The Morgan fingerprint density at radius 2 is 1.76 bits per heavy atom. The molecule has 3 N–H and O–H groups in total. The number of aromatic nitrogens is 1. The number of β-amino-alcohol motifs (C(OH)–C–C–N with tert-alkyl or cyclic N) is 1. The number of hydrogen-bond donors (Lipinski definition) is 3. The van der Waals surface area contributed by atoms with E-state index in [4.69, 9.17) is 0 Å². The number of benzene rings is 2. The van der Waals surface area contributed by atoms with Crippen LogP contribution in [0.3, 0.4) is 0 Å². The number of rotatable bonds is 8. The highest BCUT2D eigenvalue weighted by atomic mass is 79.9. The van der Waals surface area contributed by atoms with Crippen LogP contribution in [0.1, 0.15) is 36.8 Å². The molecular weight excluding hydrogens is 598 g/mol. The first kappa shape index (κ1) is 28.9. The van der Waals surface area contributed by atoms with Gasteiger partial charge in [-0.25, -0.2) is 0 Å². The molecule has 3 atom stereocenters. The molecule has 1 aromatic heterocycles. The van der Waals surface area contributed by atoms with E-state index in [0.29, 0.717) is 6.54 Å². The minimum absolute atomic E-state index is 0.0240. The molecule has 222 valence electrons. The molecule has 4 aliphatic rings. The van der Waals surface area contributed by atoms with Crippen LogP contribution in [0.5, 0.6) is 0 Å². The molecule has 4 fully saturated rings. The highest BCUT2D eigenvalue weighted by Gasteiger charge is 2.51. The predicted octanol–water partition coefficient (Wildman–Crippen LogP) is 3.06. The number of H-pyrrole nitrogens is 1. The van der Waals surface area contributed by atoms with Gasteiger partial charge >= 0.3 is 0 Å². The Labute approximate surface area is 254 Å². The Bertz CT molecular complexity index is 1470. The Morgan fingerprint density at radius 1 is 1.07 bits per heavy atom. The van der Waals surface area contributed by atoms with E-state index in [1.54, 1.807) is 16.8 Å². The number of carbonyl (C=O) groups excluding carboxylic acids is 3. The van der Waals surface area contributed by atoms with Crippen molar-refractivity contribution < 1.29 is 19.5 Å². The number of halogens is 1. The minimum Gasteiger partial charge on any atom is -0.391 e. The number of likely N-dealkylation sites (N-methyl/N-ethyl adjacent to an activating group) is 1. The van der Waals surface area contributed by atoms with Crippen LogP contribution in [-0.4, -0.2) is 93.9 Å². The second-order valence-corrected chi connectivity index (χ2v) is 13.0. The summed E-state index contributed by atoms with van der Waals surface area (Å²) in [7, 11) is 1.74. The van der Waals surface area contributed by atoms with E-state index < -0.39 is 29.5 Å². The number of aliphatic hydroxyl groups is 1. The molecule has 5 heterocycles. The second kappa shape index (κ2) is 11.8. The molecule has 4 aliphatic heterocycles. The van der Waals surface area contributed by atoms with Crippen LogP contribution in [0.15, 0.2) is 59.2 Å². The molecule has 3 unspecified atom stereocenters. The van der Waals surface area contributed by atoms with Crippen LogP contribution in [0.2, 0.25) is 0 Å². The summed E-state index contributed by atoms with van der Waals surface area (Å²) in [6, 6.07) is 14.0. The minimum atomic E-state index is -0.852. The standard InChI is InChI=1S/C32H38BrN5O4/c1-36(19-21-6-2-4-8-25(21)33)30(41)27(16-22-18-34-26-9-5-3-7-24(22)26)35-29(40)28-17-23(39)20-38(28)31(42)32-10-13-37(14-11-32)15-12-32/h2-9,18,23,27-28,34,39H,10-17,19-20H2,1H3,(H,35,40). The van der Waals surface area contributed by atoms with Gasteiger partial charge in [0.25, 0.3) is 0 Å². The molecule has 3 aromatic rings. The molecule has 4 saturated heterocycles. The SMILES string of the molecule is CN(Cc1ccccc1Br)C(=O)C(Cc1c[nH]c2ccccc12)NC(=O)C1CC(O)CN1C(=O)C12CCN(CC1)CC2. The average Bonchev–Trinajstić information content (AvgIpc) is 3.61. The van der Waals surface area contributed by atoms with Gasteiger partial charge in [-0.3, -0.25) is 14.4 Å². The van der Waals surface area contributed by atoms with Gasteiger partial charge in [0.2, 0.25) is 17.7 Å². The van der Waals surface area contributed by atoms with Crippen LogP contribution in [0.4, 0.5) is 0 Å². The molecule has 0 saturated carbocycles. The lowest BCUT2D eigenvalue weighted by Crippen LogP contribution is -2.59. The van der Waals surface area contributed by atoms with Gasteiger partial charge in [0, 0.05) is 54.6 Å². The molecule has 0 aliphatic carbocycles. The van der Waals surface area contributed by atoms with Crippen molar-refractivity contribution in [3.05, 3.63) is 70.3 Å². The maximum atomic E-state index is 14.0. The third kappa shape index (κ3) is 5.59. The zero-order valence-corrected chi connectivity index (χ0v) is 25.5. The molecule has 3 amide bonds. The van der Waals surface area contributed by atoms with Gasteiger partial charge in [0.1, 0.15) is 12.1 Å². The number of aliphatic hydroxyl groups excluding tert-OH is 1. The first-order valence-electron chi connectivity index (χ1n) is 14.8. The van der Waals surface area contributed by atoms with Crippen LogP contribution in [0, 0.1) is 5.41 Å². The zero-order valence-electron chi connectivity index (χ0n) is 23.9. The second-order valence-electron chi connectivity index (χ2n) is 12.1. The van der Waals surface area contributed by atoms with Crippen LogP contribution < -0.4 is 5.32 Å². The number of para-hydroxylation sites is 1. The third-order valence-corrected chi connectivity index (χ3v) is 10.2. The summed E-state index contributed by atoms with van der Waals surface area (Å²) in [6.07, 6.45) is 3.93. The maximum Gasteiger partial charge on any atom is 0.245 e. The third-order valence-electron chi connectivity index (χ3n) is 9.47. The number of nitrogens with zero attached hydrogens (tertiary/aromatic N) is 3. The van der Waals surface area contributed by atoms with Crippen molar-refractivity contribution in [2.24, 2.45) is 5.41 Å². The number of likely N-dealkylation sites (tertiary alicyclic amines) is 1. The lowest BCUT2D eigenvalue weighted by molar-refractivity contribution is -0.154. The molecule has 2 aromatic carbocycles. The van der Waals surface area contributed by atoms with Crippen molar-refractivity contribution in [2.45, 2.75) is 56.8 Å². The van der Waals surface area contributed by atoms with E-state index in [1.807, 2.05) is 54.7 Å². The largest absolute Gasteiger partial charge is 0.391 e. The monoisotopic (exact) mass is 635 g/mol. The summed E-state index contributed by atoms with van der Waals surface area (Å²) in [5.41, 5.74) is 2.38. The van der Waals surface area contributed by atoms with E-state index in [0.717, 1.165) is 65.4 Å². The van der Waals surface area contributed by atoms with E-state index >= 15 is 0 Å². The van der Waals surface area contributed by atoms with E-state index in [9.17, 15) is 19.5 Å². The fraction of sp³-hybridized carbons (Fsp3) is 0.469. The Morgan fingerprint density at radius 3 is 2.50 bits per heavy atom. The van der Waals surface area contributed by atoms with Crippen molar-refractivity contribution in [1.29, 1.82) is 0 Å². The molecule has 10 heteroatoms. The van der Waals surface area contributed by atoms with Crippen molar-refractivity contribution >= 4 is 44.6 Å². The smallest absolute Gasteiger partial charge is 0.245 e. The number of fused-ring (bicyclic) bond motifs is 4. The Balaban J connectivity index is 1.24. The summed E-state index contributed by atoms with van der Waals surface area (Å²) < 4.78 is 0.906. The van der Waals surface area contributed by atoms with Crippen LogP contribution in [-0.2, 0) is 27.3 Å². The molecule has 9 nitrogen and oxygen atoms in total. The summed E-state index contributed by atoms with van der Waals surface area (Å²) in [4.78, 5) is 50.7. The molecule has 0 spiro atoms. The van der Waals surface area contributed by atoms with Gasteiger partial charge in [-0.2, -0.15) is 0 Å². The lowest BCUT2D eigenvalue weighted by Gasteiger charge is -2.49. The average molecular weight is 637 g/mol. The Hall–Kier alpha value is -3.21. The quantitative estimate of drug-likeness (QED) is 0.353. The van der Waals surface area contributed by atoms with E-state index in [-0.39, 0.29) is 31.2 Å². The zero-order chi connectivity index (χ0) is 29.4. The summed E-state index contributed by atoms with van der Waals surface area (Å²) in [5, 5.41) is 14.6. The Kier molecular flexibility index (Phi) is 8.13. The predicted molar refractivity (Wildman–Crippen MR) is 163 cm³/mol. The summed E-state index contributed by atoms with van der Waals surface area (Å²) >= 11 is 3.57. The van der Waals surface area contributed by atoms with Crippen molar-refractivity contribution in [3.8, 4) is 0 Å². The van der Waals surface area contributed by atoms with Gasteiger partial charge < -0.3 is 30.1 Å². The molecule has 42 heavy (non-hydrogen) atoms. The number of carbonyl (C=O) groups is 3. The highest BCUT2D eigenvalue weighted by Crippen LogP contribution is 2.43.